The molecule has 3 aromatic rings. The van der Waals surface area contributed by atoms with Gasteiger partial charge in [-0.05, 0) is 46.6 Å². The summed E-state index contributed by atoms with van der Waals surface area (Å²) < 4.78 is 71.0. The molecule has 1 heterocycles. The Morgan fingerprint density at radius 3 is 2.39 bits per heavy atom. The molecule has 0 saturated carbocycles. The van der Waals surface area contributed by atoms with Crippen LogP contribution in [-0.2, 0) is 24.6 Å². The van der Waals surface area contributed by atoms with Gasteiger partial charge in [0.25, 0.3) is 5.56 Å². The number of carboxylic acids is 1. The maximum absolute atomic E-state index is 14.7. The Bertz CT molecular complexity index is 1520. The second kappa shape index (κ2) is 11.1. The summed E-state index contributed by atoms with van der Waals surface area (Å²) in [5, 5.41) is 10.8. The molecule has 0 amide bonds. The smallest absolute Gasteiger partial charge is 0.431 e. The number of carbonyl (C=O) groups is 1. The molecule has 0 N–H and O–H groups in total. The van der Waals surface area contributed by atoms with Crippen molar-refractivity contribution in [2.24, 2.45) is 7.05 Å². The van der Waals surface area contributed by atoms with E-state index in [4.69, 9.17) is 25.8 Å². The number of nitrogens with zero attached hydrogens (tertiary/aromatic N) is 2. The first-order chi connectivity index (χ1) is 17.6. The van der Waals surface area contributed by atoms with E-state index < -0.39 is 46.7 Å². The van der Waals surface area contributed by atoms with Gasteiger partial charge in [-0.1, -0.05) is 11.6 Å². The quantitative estimate of drug-likeness (QED) is 0.354. The molecule has 2 aromatic carbocycles. The lowest BCUT2D eigenvalue weighted by Gasteiger charge is -2.20. The van der Waals surface area contributed by atoms with Gasteiger partial charge in [-0.25, -0.2) is 13.8 Å². The fraction of sp³-hybridized carbons (Fsp3) is 0.261. The van der Waals surface area contributed by atoms with Crippen LogP contribution >= 0.6 is 27.5 Å². The van der Waals surface area contributed by atoms with Crippen LogP contribution in [0.25, 0.3) is 5.69 Å². The average molecular weight is 625 g/mol. The number of rotatable bonds is 8. The standard InChI is InChI=1S/C23H18BrClF4N2O7/c1-10(21(33)34)38-20-12(24)4-11(5-17(20)36-3)9-37-16-7-15(14(26)6-13(16)25)31-19(32)8-18(23(27,28)29)30(2)22(31)35/h4-8,10H,9H2,1-3H3,(H,33,34)/p-1. The van der Waals surface area contributed by atoms with Crippen LogP contribution in [-0.4, -0.2) is 28.3 Å². The maximum Gasteiger partial charge on any atom is 0.431 e. The summed E-state index contributed by atoms with van der Waals surface area (Å²) in [6.07, 6.45) is -6.28. The number of carbonyl (C=O) groups excluding carboxylic acids is 1. The van der Waals surface area contributed by atoms with Crippen LogP contribution in [0.1, 0.15) is 18.2 Å². The van der Waals surface area contributed by atoms with Crippen LogP contribution in [0.3, 0.4) is 0 Å². The van der Waals surface area contributed by atoms with Crippen LogP contribution in [0.5, 0.6) is 17.2 Å². The number of carboxylic acid groups (broad SMARTS) is 1. The summed E-state index contributed by atoms with van der Waals surface area (Å²) in [5.74, 6) is -2.59. The molecule has 1 unspecified atom stereocenters. The van der Waals surface area contributed by atoms with Crippen molar-refractivity contribution >= 4 is 33.5 Å². The number of alkyl halides is 3. The van der Waals surface area contributed by atoms with Gasteiger partial charge in [0, 0.05) is 19.2 Å². The van der Waals surface area contributed by atoms with Gasteiger partial charge in [-0.15, -0.1) is 0 Å². The van der Waals surface area contributed by atoms with Crippen LogP contribution in [0.4, 0.5) is 17.6 Å². The molecular formula is C23H17BrClF4N2O7-. The second-order valence-electron chi connectivity index (χ2n) is 7.75. The van der Waals surface area contributed by atoms with E-state index >= 15 is 0 Å². The van der Waals surface area contributed by atoms with Crippen LogP contribution in [0.15, 0.2) is 44.4 Å². The van der Waals surface area contributed by atoms with E-state index in [0.29, 0.717) is 10.0 Å². The molecule has 3 rings (SSSR count). The van der Waals surface area contributed by atoms with Gasteiger partial charge in [0.2, 0.25) is 0 Å². The third-order valence-electron chi connectivity index (χ3n) is 5.16. The third kappa shape index (κ3) is 5.96. The summed E-state index contributed by atoms with van der Waals surface area (Å²) in [7, 11) is 2.10. The van der Waals surface area contributed by atoms with Crippen LogP contribution in [0.2, 0.25) is 5.02 Å². The van der Waals surface area contributed by atoms with Crippen molar-refractivity contribution in [2.75, 3.05) is 7.11 Å². The lowest BCUT2D eigenvalue weighted by atomic mass is 10.2. The van der Waals surface area contributed by atoms with E-state index in [1.54, 1.807) is 0 Å². The first-order valence-corrected chi connectivity index (χ1v) is 11.6. The summed E-state index contributed by atoms with van der Waals surface area (Å²) in [4.78, 5) is 35.9. The molecule has 15 heteroatoms. The van der Waals surface area contributed by atoms with Crippen molar-refractivity contribution in [3.63, 3.8) is 0 Å². The van der Waals surface area contributed by atoms with Crippen LogP contribution in [0, 0.1) is 5.82 Å². The van der Waals surface area contributed by atoms with Gasteiger partial charge in [0.1, 0.15) is 30.0 Å². The highest BCUT2D eigenvalue weighted by Crippen LogP contribution is 2.38. The highest BCUT2D eigenvalue weighted by Gasteiger charge is 2.35. The molecule has 204 valence electrons. The second-order valence-corrected chi connectivity index (χ2v) is 9.01. The minimum absolute atomic E-state index is 0.0765. The molecule has 0 aliphatic carbocycles. The zero-order valence-electron chi connectivity index (χ0n) is 19.7. The normalized spacial score (nSPS) is 12.2. The number of halogens is 6. The number of ether oxygens (including phenoxy) is 3. The van der Waals surface area contributed by atoms with Gasteiger partial charge in [-0.2, -0.15) is 13.2 Å². The number of benzene rings is 2. The fourth-order valence-corrected chi connectivity index (χ4v) is 4.06. The Morgan fingerprint density at radius 2 is 1.82 bits per heavy atom. The van der Waals surface area contributed by atoms with Crippen molar-refractivity contribution < 1.29 is 41.7 Å². The van der Waals surface area contributed by atoms with E-state index in [2.05, 4.69) is 15.9 Å². The van der Waals surface area contributed by atoms with Gasteiger partial charge >= 0.3 is 11.9 Å². The fourth-order valence-electron chi connectivity index (χ4n) is 3.28. The SMILES string of the molecule is COc1cc(COc2cc(-n3c(=O)cc(C(F)(F)F)n(C)c3=O)c(F)cc2Cl)cc(Br)c1OC(C)C(=O)[O-]. The molecule has 0 spiro atoms. The van der Waals surface area contributed by atoms with Crippen LogP contribution < -0.4 is 30.6 Å². The van der Waals surface area contributed by atoms with Crippen molar-refractivity contribution in [3.05, 3.63) is 77.7 Å². The molecule has 38 heavy (non-hydrogen) atoms. The Balaban J connectivity index is 1.98. The summed E-state index contributed by atoms with van der Waals surface area (Å²) in [5.41, 5.74) is -4.60. The van der Waals surface area contributed by atoms with E-state index in [1.165, 1.54) is 26.2 Å². The number of hydrogen-bond acceptors (Lipinski definition) is 7. The molecule has 0 saturated heterocycles. The molecule has 0 radical (unpaired) electrons. The predicted octanol–water partition coefficient (Wildman–Crippen LogP) is 3.21. The Labute approximate surface area is 224 Å². The molecular weight excluding hydrogens is 608 g/mol. The topological polar surface area (TPSA) is 112 Å². The zero-order chi connectivity index (χ0) is 28.5. The minimum Gasteiger partial charge on any atom is -0.546 e. The number of hydrogen-bond donors (Lipinski definition) is 0. The number of aromatic nitrogens is 2. The van der Waals surface area contributed by atoms with E-state index in [1.807, 2.05) is 0 Å². The molecule has 1 atom stereocenters. The highest BCUT2D eigenvalue weighted by atomic mass is 79.9. The Kier molecular flexibility index (Phi) is 8.46. The number of methoxy groups -OCH3 is 1. The molecule has 9 nitrogen and oxygen atoms in total. The van der Waals surface area contributed by atoms with Crippen molar-refractivity contribution in [3.8, 4) is 22.9 Å². The summed E-state index contributed by atoms with van der Waals surface area (Å²) in [6, 6.07) is 4.78. The van der Waals surface area contributed by atoms with Gasteiger partial charge < -0.3 is 24.1 Å². The molecule has 1 aromatic heterocycles. The van der Waals surface area contributed by atoms with Crippen molar-refractivity contribution in [1.82, 2.24) is 9.13 Å². The van der Waals surface area contributed by atoms with Crippen molar-refractivity contribution in [1.29, 1.82) is 0 Å². The van der Waals surface area contributed by atoms with E-state index in [0.717, 1.165) is 19.2 Å². The summed E-state index contributed by atoms with van der Waals surface area (Å²) >= 11 is 9.30. The lowest BCUT2D eigenvalue weighted by molar-refractivity contribution is -0.312. The summed E-state index contributed by atoms with van der Waals surface area (Å²) in [6.45, 7) is 1.04. The van der Waals surface area contributed by atoms with Gasteiger partial charge in [-0.3, -0.25) is 9.36 Å². The molecule has 0 aliphatic rings. The van der Waals surface area contributed by atoms with E-state index in [-0.39, 0.29) is 44.1 Å². The van der Waals surface area contributed by atoms with Crippen molar-refractivity contribution in [2.45, 2.75) is 25.8 Å². The Morgan fingerprint density at radius 1 is 1.16 bits per heavy atom. The predicted molar refractivity (Wildman–Crippen MR) is 127 cm³/mol. The largest absolute Gasteiger partial charge is 0.546 e. The maximum atomic E-state index is 14.7. The highest BCUT2D eigenvalue weighted by molar-refractivity contribution is 9.10. The molecule has 0 bridgehead atoms. The van der Waals surface area contributed by atoms with Gasteiger partial charge in [0.05, 0.1) is 28.3 Å². The minimum atomic E-state index is -4.99. The lowest BCUT2D eigenvalue weighted by Crippen LogP contribution is -2.41. The zero-order valence-corrected chi connectivity index (χ0v) is 22.0. The third-order valence-corrected chi connectivity index (χ3v) is 6.05. The Hall–Kier alpha value is -3.52. The van der Waals surface area contributed by atoms with E-state index in [9.17, 15) is 37.1 Å². The molecule has 0 aliphatic heterocycles. The monoisotopic (exact) mass is 623 g/mol. The number of aliphatic carboxylic acids is 1. The molecule has 0 fully saturated rings. The first-order valence-electron chi connectivity index (χ1n) is 10.4. The first kappa shape index (κ1) is 29.0. The average Bonchev–Trinajstić information content (AvgIpc) is 2.82. The van der Waals surface area contributed by atoms with Gasteiger partial charge in [0.15, 0.2) is 11.5 Å².